The number of aromatic nitrogens is 1. The summed E-state index contributed by atoms with van der Waals surface area (Å²) in [6.07, 6.45) is 1.75. The predicted molar refractivity (Wildman–Crippen MR) is 65.4 cm³/mol. The van der Waals surface area contributed by atoms with Gasteiger partial charge >= 0.3 is 5.97 Å². The summed E-state index contributed by atoms with van der Waals surface area (Å²) in [5.74, 6) is -0.277. The number of carbonyl (C=O) groups is 1. The number of esters is 1. The summed E-state index contributed by atoms with van der Waals surface area (Å²) in [7, 11) is 1.37. The third kappa shape index (κ3) is 3.90. The molecule has 0 saturated carbocycles. The Morgan fingerprint density at radius 2 is 2.38 bits per heavy atom. The minimum absolute atomic E-state index is 0.103. The lowest BCUT2D eigenvalue weighted by Crippen LogP contribution is -2.31. The molecule has 0 fully saturated rings. The van der Waals surface area contributed by atoms with E-state index in [1.54, 1.807) is 6.20 Å². The number of halogens is 1. The van der Waals surface area contributed by atoms with Crippen molar-refractivity contribution in [2.24, 2.45) is 0 Å². The second-order valence-corrected chi connectivity index (χ2v) is 4.48. The van der Waals surface area contributed by atoms with Crippen molar-refractivity contribution in [3.63, 3.8) is 0 Å². The molecular formula is C11H15BrN2O2. The summed E-state index contributed by atoms with van der Waals surface area (Å²) in [4.78, 5) is 15.0. The van der Waals surface area contributed by atoms with Gasteiger partial charge in [-0.15, -0.1) is 0 Å². The van der Waals surface area contributed by atoms with E-state index in [0.717, 1.165) is 5.69 Å². The smallest absolute Gasteiger partial charge is 0.320 e. The molecule has 0 aliphatic rings. The summed E-state index contributed by atoms with van der Waals surface area (Å²) < 4.78 is 4.61. The highest BCUT2D eigenvalue weighted by Crippen LogP contribution is 2.09. The van der Waals surface area contributed by atoms with Gasteiger partial charge in [0.25, 0.3) is 0 Å². The van der Waals surface area contributed by atoms with Gasteiger partial charge in [0.1, 0.15) is 4.83 Å². The zero-order valence-corrected chi connectivity index (χ0v) is 10.9. The average Bonchev–Trinajstić information content (AvgIpc) is 2.35. The second-order valence-electron chi connectivity index (χ2n) is 3.38. The highest BCUT2D eigenvalue weighted by molar-refractivity contribution is 9.10. The molecule has 1 heterocycles. The Bertz CT molecular complexity index is 332. The number of ether oxygens (including phenoxy) is 1. The maximum atomic E-state index is 11.1. The number of hydrogen-bond acceptors (Lipinski definition) is 4. The van der Waals surface area contributed by atoms with Crippen molar-refractivity contribution in [2.75, 3.05) is 13.7 Å². The van der Waals surface area contributed by atoms with Crippen LogP contribution < -0.4 is 5.32 Å². The van der Waals surface area contributed by atoms with Crippen LogP contribution in [0.2, 0.25) is 0 Å². The molecule has 5 heteroatoms. The van der Waals surface area contributed by atoms with E-state index in [0.29, 0.717) is 6.54 Å². The van der Waals surface area contributed by atoms with E-state index in [4.69, 9.17) is 0 Å². The number of hydrogen-bond donors (Lipinski definition) is 1. The monoisotopic (exact) mass is 286 g/mol. The van der Waals surface area contributed by atoms with E-state index in [9.17, 15) is 4.79 Å². The summed E-state index contributed by atoms with van der Waals surface area (Å²) >= 11 is 3.25. The summed E-state index contributed by atoms with van der Waals surface area (Å²) in [6.45, 7) is 2.50. The molecule has 88 valence electrons. The largest absolute Gasteiger partial charge is 0.468 e. The Morgan fingerprint density at radius 1 is 1.62 bits per heavy atom. The molecule has 0 aliphatic heterocycles. The molecule has 1 rings (SSSR count). The molecular weight excluding hydrogens is 272 g/mol. The predicted octanol–water partition coefficient (Wildman–Crippen LogP) is 1.67. The van der Waals surface area contributed by atoms with E-state index in [2.05, 4.69) is 31.0 Å². The fraction of sp³-hybridized carbons (Fsp3) is 0.455. The number of nitrogens with one attached hydrogen (secondary N) is 1. The lowest BCUT2D eigenvalue weighted by atomic mass is 10.2. The third-order valence-electron chi connectivity index (χ3n) is 2.19. The van der Waals surface area contributed by atoms with Crippen LogP contribution in [0.25, 0.3) is 0 Å². The van der Waals surface area contributed by atoms with Crippen molar-refractivity contribution in [1.82, 2.24) is 10.3 Å². The molecule has 0 aromatic carbocycles. The number of alkyl halides is 1. The maximum Gasteiger partial charge on any atom is 0.320 e. The van der Waals surface area contributed by atoms with Crippen molar-refractivity contribution in [2.45, 2.75) is 17.8 Å². The topological polar surface area (TPSA) is 51.2 Å². The van der Waals surface area contributed by atoms with Crippen molar-refractivity contribution in [3.05, 3.63) is 30.1 Å². The molecule has 0 aliphatic carbocycles. The summed E-state index contributed by atoms with van der Waals surface area (Å²) in [5, 5.41) is 3.20. The van der Waals surface area contributed by atoms with Crippen LogP contribution in [0.4, 0.5) is 0 Å². The molecule has 4 nitrogen and oxygen atoms in total. The highest BCUT2D eigenvalue weighted by Gasteiger charge is 2.16. The highest BCUT2D eigenvalue weighted by atomic mass is 79.9. The van der Waals surface area contributed by atoms with E-state index < -0.39 is 0 Å². The van der Waals surface area contributed by atoms with Gasteiger partial charge < -0.3 is 10.1 Å². The number of pyridine rings is 1. The Labute approximate surface area is 104 Å². The quantitative estimate of drug-likeness (QED) is 0.661. The number of carbonyl (C=O) groups excluding carboxylic acids is 1. The normalized spacial score (nSPS) is 14.2. The van der Waals surface area contributed by atoms with Crippen molar-refractivity contribution >= 4 is 21.9 Å². The minimum atomic E-state index is -0.330. The van der Waals surface area contributed by atoms with Gasteiger partial charge in [-0.3, -0.25) is 9.78 Å². The molecule has 0 amide bonds. The standard InChI is InChI=1S/C11H15BrN2O2/c1-8(10-5-3-4-6-13-10)14-7-9(12)11(15)16-2/h3-6,8-9,14H,7H2,1-2H3. The van der Waals surface area contributed by atoms with Crippen LogP contribution in [0.3, 0.4) is 0 Å². The first-order valence-corrected chi connectivity index (χ1v) is 5.93. The zero-order valence-electron chi connectivity index (χ0n) is 9.31. The lowest BCUT2D eigenvalue weighted by Gasteiger charge is -2.15. The molecule has 0 radical (unpaired) electrons. The van der Waals surface area contributed by atoms with Crippen LogP contribution in [0.1, 0.15) is 18.7 Å². The van der Waals surface area contributed by atoms with Crippen molar-refractivity contribution in [3.8, 4) is 0 Å². The molecule has 2 atom stereocenters. The van der Waals surface area contributed by atoms with E-state index in [-0.39, 0.29) is 16.8 Å². The van der Waals surface area contributed by atoms with Crippen molar-refractivity contribution in [1.29, 1.82) is 0 Å². The van der Waals surface area contributed by atoms with Gasteiger partial charge in [-0.1, -0.05) is 22.0 Å². The van der Waals surface area contributed by atoms with Crippen molar-refractivity contribution < 1.29 is 9.53 Å². The van der Waals surface area contributed by atoms with Gasteiger partial charge in [-0.2, -0.15) is 0 Å². The molecule has 2 unspecified atom stereocenters. The van der Waals surface area contributed by atoms with Crippen LogP contribution >= 0.6 is 15.9 Å². The first-order chi connectivity index (χ1) is 7.65. The Morgan fingerprint density at radius 3 is 2.94 bits per heavy atom. The minimum Gasteiger partial charge on any atom is -0.468 e. The van der Waals surface area contributed by atoms with Gasteiger partial charge in [0.05, 0.1) is 12.8 Å². The summed E-state index contributed by atoms with van der Waals surface area (Å²) in [5.41, 5.74) is 0.951. The second kappa shape index (κ2) is 6.60. The molecule has 1 aromatic rings. The average molecular weight is 287 g/mol. The van der Waals surface area contributed by atoms with Crippen LogP contribution in [0, 0.1) is 0 Å². The Kier molecular flexibility index (Phi) is 5.42. The zero-order chi connectivity index (χ0) is 12.0. The fourth-order valence-corrected chi connectivity index (χ4v) is 1.60. The van der Waals surface area contributed by atoms with E-state index in [1.807, 2.05) is 25.1 Å². The molecule has 1 aromatic heterocycles. The molecule has 16 heavy (non-hydrogen) atoms. The van der Waals surface area contributed by atoms with Gasteiger partial charge in [0.2, 0.25) is 0 Å². The fourth-order valence-electron chi connectivity index (χ4n) is 1.23. The number of methoxy groups -OCH3 is 1. The first kappa shape index (κ1) is 13.1. The van der Waals surface area contributed by atoms with Gasteiger partial charge in [0.15, 0.2) is 0 Å². The van der Waals surface area contributed by atoms with Gasteiger partial charge in [0, 0.05) is 18.8 Å². The van der Waals surface area contributed by atoms with E-state index in [1.165, 1.54) is 7.11 Å². The molecule has 1 N–H and O–H groups in total. The maximum absolute atomic E-state index is 11.1. The number of nitrogens with zero attached hydrogens (tertiary/aromatic N) is 1. The SMILES string of the molecule is COC(=O)C(Br)CNC(C)c1ccccn1. The molecule has 0 spiro atoms. The van der Waals surface area contributed by atoms with Crippen LogP contribution in [-0.2, 0) is 9.53 Å². The first-order valence-electron chi connectivity index (χ1n) is 5.01. The Hall–Kier alpha value is -0.940. The van der Waals surface area contributed by atoms with Gasteiger partial charge in [-0.25, -0.2) is 0 Å². The van der Waals surface area contributed by atoms with Gasteiger partial charge in [-0.05, 0) is 19.1 Å². The Balaban J connectivity index is 2.41. The number of rotatable bonds is 5. The summed E-state index contributed by atoms with van der Waals surface area (Å²) in [6, 6.07) is 5.86. The van der Waals surface area contributed by atoms with Crippen LogP contribution in [0.15, 0.2) is 24.4 Å². The van der Waals surface area contributed by atoms with Crippen LogP contribution in [0.5, 0.6) is 0 Å². The van der Waals surface area contributed by atoms with Crippen LogP contribution in [-0.4, -0.2) is 29.4 Å². The third-order valence-corrected chi connectivity index (χ3v) is 2.89. The molecule has 0 saturated heterocycles. The molecule has 0 bridgehead atoms. The van der Waals surface area contributed by atoms with E-state index >= 15 is 0 Å². The lowest BCUT2D eigenvalue weighted by molar-refractivity contribution is -0.139.